The molecule has 20 heavy (non-hydrogen) atoms. The second kappa shape index (κ2) is 5.59. The summed E-state index contributed by atoms with van der Waals surface area (Å²) in [5.74, 6) is 0.250. The number of thiazole rings is 1. The van der Waals surface area contributed by atoms with E-state index in [1.165, 1.54) is 23.1 Å². The van der Waals surface area contributed by atoms with Gasteiger partial charge in [0.2, 0.25) is 0 Å². The van der Waals surface area contributed by atoms with Crippen molar-refractivity contribution in [2.24, 2.45) is 4.99 Å². The number of fused-ring (bicyclic) bond motifs is 1. The summed E-state index contributed by atoms with van der Waals surface area (Å²) < 4.78 is 6.19. The summed E-state index contributed by atoms with van der Waals surface area (Å²) in [7, 11) is 0. The van der Waals surface area contributed by atoms with E-state index in [9.17, 15) is 4.79 Å². The maximum absolute atomic E-state index is 10.9. The third-order valence-electron chi connectivity index (χ3n) is 2.70. The number of alkyl halides is 1. The molecule has 0 unspecified atom stereocenters. The maximum atomic E-state index is 10.9. The zero-order valence-electron chi connectivity index (χ0n) is 10.1. The van der Waals surface area contributed by atoms with E-state index < -0.39 is 12.0 Å². The summed E-state index contributed by atoms with van der Waals surface area (Å²) in [5.41, 5.74) is 0.842. The topological polar surface area (TPSA) is 71.8 Å². The second-order valence-electron chi connectivity index (χ2n) is 4.00. The van der Waals surface area contributed by atoms with Crippen molar-refractivity contribution in [1.29, 1.82) is 0 Å². The third-order valence-corrected chi connectivity index (χ3v) is 5.02. The first kappa shape index (κ1) is 13.7. The number of aromatic nitrogens is 1. The fourth-order valence-corrected chi connectivity index (χ4v) is 3.98. The summed E-state index contributed by atoms with van der Waals surface area (Å²) >= 11 is 8.43. The van der Waals surface area contributed by atoms with Crippen molar-refractivity contribution in [1.82, 2.24) is 4.98 Å². The Kier molecular flexibility index (Phi) is 3.82. The zero-order valence-corrected chi connectivity index (χ0v) is 12.5. The molecule has 0 aliphatic carbocycles. The third kappa shape index (κ3) is 2.61. The van der Waals surface area contributed by atoms with Crippen LogP contribution in [-0.4, -0.2) is 39.0 Å². The Balaban J connectivity index is 1.93. The minimum absolute atomic E-state index is 0.0972. The Morgan fingerprint density at radius 2 is 2.40 bits per heavy atom. The molecule has 3 rings (SSSR count). The Morgan fingerprint density at radius 3 is 3.10 bits per heavy atom. The molecule has 1 N–H and O–H groups in total. The minimum Gasteiger partial charge on any atom is -0.480 e. The van der Waals surface area contributed by atoms with Gasteiger partial charge in [-0.05, 0) is 18.2 Å². The standard InChI is InChI=1S/C12H9ClN2O3S2/c13-5-18-6-1-2-7-9(3-6)20-11(14-7)10-15-8(4-19-10)12(16)17/h1-3,8H,4-5H2,(H,16,17)/t8-/m1/s1. The molecule has 0 amide bonds. The Morgan fingerprint density at radius 1 is 1.55 bits per heavy atom. The van der Waals surface area contributed by atoms with Crippen molar-refractivity contribution in [2.75, 3.05) is 11.8 Å². The van der Waals surface area contributed by atoms with Gasteiger partial charge in [0.05, 0.1) is 10.2 Å². The molecule has 1 atom stereocenters. The van der Waals surface area contributed by atoms with Crippen LogP contribution < -0.4 is 4.74 Å². The van der Waals surface area contributed by atoms with Gasteiger partial charge in [0, 0.05) is 5.75 Å². The molecule has 2 aromatic rings. The highest BCUT2D eigenvalue weighted by Gasteiger charge is 2.26. The predicted octanol–water partition coefficient (Wildman–Crippen LogP) is 2.82. The number of nitrogens with zero attached hydrogens (tertiary/aromatic N) is 2. The van der Waals surface area contributed by atoms with Crippen molar-refractivity contribution < 1.29 is 14.6 Å². The van der Waals surface area contributed by atoms with Crippen LogP contribution in [0.25, 0.3) is 10.2 Å². The number of hydrogen-bond acceptors (Lipinski definition) is 6. The SMILES string of the molecule is O=C(O)[C@H]1CSC(c2nc3ccc(OCCl)cc3s2)=N1. The van der Waals surface area contributed by atoms with Crippen LogP contribution in [-0.2, 0) is 4.79 Å². The van der Waals surface area contributed by atoms with Gasteiger partial charge < -0.3 is 9.84 Å². The van der Waals surface area contributed by atoms with E-state index in [2.05, 4.69) is 9.98 Å². The van der Waals surface area contributed by atoms with Gasteiger partial charge in [0.25, 0.3) is 0 Å². The first-order chi connectivity index (χ1) is 9.67. The Labute approximate surface area is 127 Å². The molecular weight excluding hydrogens is 320 g/mol. The normalized spacial score (nSPS) is 18.2. The molecule has 104 valence electrons. The number of carbonyl (C=O) groups is 1. The Hall–Kier alpha value is -1.31. The van der Waals surface area contributed by atoms with Crippen molar-refractivity contribution in [3.8, 4) is 5.75 Å². The number of halogens is 1. The molecule has 1 aromatic carbocycles. The molecule has 1 aromatic heterocycles. The average Bonchev–Trinajstić information content (AvgIpc) is 3.05. The fourth-order valence-electron chi connectivity index (χ4n) is 1.77. The van der Waals surface area contributed by atoms with Crippen molar-refractivity contribution in [2.45, 2.75) is 6.04 Å². The van der Waals surface area contributed by atoms with Crippen LogP contribution in [0.2, 0.25) is 0 Å². The number of rotatable bonds is 4. The van der Waals surface area contributed by atoms with E-state index in [1.807, 2.05) is 12.1 Å². The van der Waals surface area contributed by atoms with Gasteiger partial charge in [-0.15, -0.1) is 23.1 Å². The summed E-state index contributed by atoms with van der Waals surface area (Å²) in [5, 5.41) is 10.4. The number of carboxylic acid groups (broad SMARTS) is 1. The van der Waals surface area contributed by atoms with Crippen LogP contribution in [0.15, 0.2) is 23.2 Å². The first-order valence-corrected chi connectivity index (χ1v) is 8.04. The lowest BCUT2D eigenvalue weighted by Gasteiger charge is -1.99. The summed E-state index contributed by atoms with van der Waals surface area (Å²) in [6.07, 6.45) is 0. The molecule has 0 fully saturated rings. The summed E-state index contributed by atoms with van der Waals surface area (Å²) in [4.78, 5) is 19.6. The van der Waals surface area contributed by atoms with Gasteiger partial charge in [0.15, 0.2) is 12.1 Å². The number of aliphatic carboxylic acids is 1. The van der Waals surface area contributed by atoms with E-state index in [-0.39, 0.29) is 6.07 Å². The fraction of sp³-hybridized carbons (Fsp3) is 0.250. The molecule has 1 aliphatic rings. The van der Waals surface area contributed by atoms with Crippen LogP contribution >= 0.6 is 34.7 Å². The van der Waals surface area contributed by atoms with Gasteiger partial charge in [-0.25, -0.2) is 9.78 Å². The first-order valence-electron chi connectivity index (χ1n) is 5.70. The largest absolute Gasteiger partial charge is 0.480 e. The van der Waals surface area contributed by atoms with Crippen molar-refractivity contribution in [3.05, 3.63) is 23.2 Å². The minimum atomic E-state index is -0.897. The van der Waals surface area contributed by atoms with E-state index in [0.29, 0.717) is 16.5 Å². The molecule has 0 saturated carbocycles. The molecule has 2 heterocycles. The summed E-state index contributed by atoms with van der Waals surface area (Å²) in [6.45, 7) is 0. The molecule has 0 spiro atoms. The molecule has 8 heteroatoms. The highest BCUT2D eigenvalue weighted by atomic mass is 35.5. The smallest absolute Gasteiger partial charge is 0.329 e. The molecule has 0 bridgehead atoms. The van der Waals surface area contributed by atoms with E-state index in [0.717, 1.165) is 15.2 Å². The lowest BCUT2D eigenvalue weighted by Crippen LogP contribution is -2.17. The number of benzene rings is 1. The maximum Gasteiger partial charge on any atom is 0.329 e. The molecule has 1 aliphatic heterocycles. The number of hydrogen-bond donors (Lipinski definition) is 1. The lowest BCUT2D eigenvalue weighted by molar-refractivity contribution is -0.137. The second-order valence-corrected chi connectivity index (χ2v) is 6.26. The van der Waals surface area contributed by atoms with Crippen molar-refractivity contribution >= 4 is 55.9 Å². The van der Waals surface area contributed by atoms with Gasteiger partial charge in [-0.3, -0.25) is 4.99 Å². The number of aliphatic imine (C=N–C) groups is 1. The monoisotopic (exact) mass is 328 g/mol. The zero-order chi connectivity index (χ0) is 14.1. The molecule has 0 saturated heterocycles. The van der Waals surface area contributed by atoms with Crippen LogP contribution in [0.4, 0.5) is 0 Å². The summed E-state index contributed by atoms with van der Waals surface area (Å²) in [6, 6.07) is 4.95. The van der Waals surface area contributed by atoms with Crippen LogP contribution in [0, 0.1) is 0 Å². The lowest BCUT2D eigenvalue weighted by atomic mass is 10.3. The Bertz CT molecular complexity index is 701. The highest BCUT2D eigenvalue weighted by Crippen LogP contribution is 2.31. The van der Waals surface area contributed by atoms with Gasteiger partial charge in [-0.2, -0.15) is 0 Å². The van der Waals surface area contributed by atoms with E-state index in [1.54, 1.807) is 6.07 Å². The molecular formula is C12H9ClN2O3S2. The van der Waals surface area contributed by atoms with Crippen LogP contribution in [0.5, 0.6) is 5.75 Å². The van der Waals surface area contributed by atoms with Gasteiger partial charge in [0.1, 0.15) is 15.8 Å². The van der Waals surface area contributed by atoms with Gasteiger partial charge >= 0.3 is 5.97 Å². The number of ether oxygens (including phenoxy) is 1. The quantitative estimate of drug-likeness (QED) is 0.874. The van der Waals surface area contributed by atoms with Crippen LogP contribution in [0.3, 0.4) is 0 Å². The van der Waals surface area contributed by atoms with E-state index >= 15 is 0 Å². The average molecular weight is 329 g/mol. The van der Waals surface area contributed by atoms with E-state index in [4.69, 9.17) is 21.4 Å². The van der Waals surface area contributed by atoms with Gasteiger partial charge in [-0.1, -0.05) is 11.6 Å². The van der Waals surface area contributed by atoms with Crippen molar-refractivity contribution in [3.63, 3.8) is 0 Å². The predicted molar refractivity (Wildman–Crippen MR) is 81.4 cm³/mol. The molecule has 5 nitrogen and oxygen atoms in total. The number of carboxylic acids is 1. The molecule has 0 radical (unpaired) electrons. The highest BCUT2D eigenvalue weighted by molar-refractivity contribution is 8.15. The number of thioether (sulfide) groups is 1. The van der Waals surface area contributed by atoms with Crippen LogP contribution in [0.1, 0.15) is 5.01 Å².